The van der Waals surface area contributed by atoms with Crippen molar-refractivity contribution in [2.45, 2.75) is 20.3 Å². The fourth-order valence-corrected chi connectivity index (χ4v) is 3.14. The van der Waals surface area contributed by atoms with Crippen molar-refractivity contribution in [1.82, 2.24) is 15.0 Å². The molecule has 0 radical (unpaired) electrons. The van der Waals surface area contributed by atoms with Crippen LogP contribution in [-0.4, -0.2) is 20.1 Å². The van der Waals surface area contributed by atoms with Crippen LogP contribution in [0.1, 0.15) is 18.2 Å². The summed E-state index contributed by atoms with van der Waals surface area (Å²) >= 11 is 0. The van der Waals surface area contributed by atoms with Crippen LogP contribution in [0.4, 0.5) is 11.6 Å². The minimum absolute atomic E-state index is 0.0887. The Kier molecular flexibility index (Phi) is 4.59. The van der Waals surface area contributed by atoms with Gasteiger partial charge in [0.05, 0.1) is 5.39 Å². The molecular formula is C21H18N4O4. The number of aromatic hydroxyl groups is 1. The molecule has 8 nitrogen and oxygen atoms in total. The molecule has 3 N–H and O–H groups in total. The number of aromatic nitrogens is 3. The molecule has 4 aromatic rings. The van der Waals surface area contributed by atoms with Gasteiger partial charge in [-0.05, 0) is 37.1 Å². The van der Waals surface area contributed by atoms with Crippen molar-refractivity contribution in [3.63, 3.8) is 0 Å². The second-order valence-corrected chi connectivity index (χ2v) is 6.55. The monoisotopic (exact) mass is 390 g/mol. The van der Waals surface area contributed by atoms with Crippen molar-refractivity contribution in [3.8, 4) is 16.9 Å². The van der Waals surface area contributed by atoms with Crippen molar-refractivity contribution in [2.75, 3.05) is 5.32 Å². The second-order valence-electron chi connectivity index (χ2n) is 6.55. The molecule has 0 aliphatic heterocycles. The highest BCUT2D eigenvalue weighted by Gasteiger charge is 2.18. The fourth-order valence-electron chi connectivity index (χ4n) is 3.14. The third-order valence-corrected chi connectivity index (χ3v) is 4.56. The van der Waals surface area contributed by atoms with Gasteiger partial charge in [-0.3, -0.25) is 9.78 Å². The Morgan fingerprint density at radius 2 is 1.93 bits per heavy atom. The zero-order valence-corrected chi connectivity index (χ0v) is 15.8. The lowest BCUT2D eigenvalue weighted by Crippen LogP contribution is -2.14. The molecule has 3 heterocycles. The van der Waals surface area contributed by atoms with E-state index in [-0.39, 0.29) is 39.6 Å². The SMILES string of the molecule is CCc1ccc(Nc2nc3nccc(-c4c(O)cc(C)oc4=O)c3c(=O)[nH]2)cc1. The predicted molar refractivity (Wildman–Crippen MR) is 110 cm³/mol. The summed E-state index contributed by atoms with van der Waals surface area (Å²) in [5.41, 5.74) is 0.951. The summed E-state index contributed by atoms with van der Waals surface area (Å²) in [4.78, 5) is 36.2. The zero-order chi connectivity index (χ0) is 20.5. The van der Waals surface area contributed by atoms with Gasteiger partial charge in [0.2, 0.25) is 5.95 Å². The Labute approximate surface area is 164 Å². The first-order valence-electron chi connectivity index (χ1n) is 9.05. The number of anilines is 2. The standard InChI is InChI=1S/C21H18N4O4/c1-3-12-4-6-13(7-5-12)23-21-24-18-17(19(27)25-21)14(8-9-22-18)16-15(26)10-11(2)29-20(16)28/h4-10,26H,3H2,1-2H3,(H2,22,23,24,25,27). The summed E-state index contributed by atoms with van der Waals surface area (Å²) in [6.45, 7) is 3.62. The van der Waals surface area contributed by atoms with E-state index in [1.54, 1.807) is 6.92 Å². The smallest absolute Gasteiger partial charge is 0.347 e. The maximum atomic E-state index is 12.8. The molecule has 3 aromatic heterocycles. The van der Waals surface area contributed by atoms with Crippen LogP contribution in [0, 0.1) is 6.92 Å². The number of pyridine rings is 1. The number of nitrogens with zero attached hydrogens (tertiary/aromatic N) is 2. The number of aromatic amines is 1. The fraction of sp³-hybridized carbons (Fsp3) is 0.143. The molecule has 0 fully saturated rings. The molecule has 146 valence electrons. The maximum Gasteiger partial charge on any atom is 0.347 e. The van der Waals surface area contributed by atoms with Gasteiger partial charge in [0.15, 0.2) is 5.65 Å². The highest BCUT2D eigenvalue weighted by molar-refractivity contribution is 5.93. The molecule has 8 heteroatoms. The van der Waals surface area contributed by atoms with Crippen LogP contribution in [-0.2, 0) is 6.42 Å². The molecule has 0 amide bonds. The first-order valence-corrected chi connectivity index (χ1v) is 9.05. The summed E-state index contributed by atoms with van der Waals surface area (Å²) in [7, 11) is 0. The Hall–Kier alpha value is -3.94. The third kappa shape index (κ3) is 3.47. The first-order chi connectivity index (χ1) is 14.0. The van der Waals surface area contributed by atoms with E-state index in [1.807, 2.05) is 24.3 Å². The van der Waals surface area contributed by atoms with E-state index in [2.05, 4.69) is 27.2 Å². The van der Waals surface area contributed by atoms with Crippen molar-refractivity contribution in [3.05, 3.63) is 74.7 Å². The van der Waals surface area contributed by atoms with E-state index >= 15 is 0 Å². The minimum Gasteiger partial charge on any atom is -0.507 e. The molecule has 4 rings (SSSR count). The van der Waals surface area contributed by atoms with E-state index < -0.39 is 11.2 Å². The normalized spacial score (nSPS) is 11.0. The summed E-state index contributed by atoms with van der Waals surface area (Å²) in [6.07, 6.45) is 2.35. The van der Waals surface area contributed by atoms with E-state index in [1.165, 1.54) is 23.9 Å². The highest BCUT2D eigenvalue weighted by Crippen LogP contribution is 2.29. The minimum atomic E-state index is -0.743. The number of aryl methyl sites for hydroxylation is 2. The van der Waals surface area contributed by atoms with Gasteiger partial charge in [-0.15, -0.1) is 0 Å². The number of hydrogen-bond acceptors (Lipinski definition) is 7. The van der Waals surface area contributed by atoms with E-state index in [9.17, 15) is 14.7 Å². The molecule has 0 aliphatic rings. The van der Waals surface area contributed by atoms with Gasteiger partial charge >= 0.3 is 5.63 Å². The molecular weight excluding hydrogens is 372 g/mol. The zero-order valence-electron chi connectivity index (χ0n) is 15.8. The average Bonchev–Trinajstić information content (AvgIpc) is 2.67. The van der Waals surface area contributed by atoms with Crippen molar-refractivity contribution in [1.29, 1.82) is 0 Å². The molecule has 0 bridgehead atoms. The van der Waals surface area contributed by atoms with Gasteiger partial charge in [-0.2, -0.15) is 4.98 Å². The van der Waals surface area contributed by atoms with Crippen molar-refractivity contribution >= 4 is 22.7 Å². The Balaban J connectivity index is 1.83. The summed E-state index contributed by atoms with van der Waals surface area (Å²) in [5, 5.41) is 13.4. The largest absolute Gasteiger partial charge is 0.507 e. The van der Waals surface area contributed by atoms with Gasteiger partial charge in [-0.1, -0.05) is 19.1 Å². The van der Waals surface area contributed by atoms with E-state index in [4.69, 9.17) is 4.42 Å². The van der Waals surface area contributed by atoms with Crippen LogP contribution < -0.4 is 16.5 Å². The second kappa shape index (κ2) is 7.23. The lowest BCUT2D eigenvalue weighted by atomic mass is 10.0. The molecule has 0 atom stereocenters. The number of benzene rings is 1. The number of hydrogen-bond donors (Lipinski definition) is 3. The Bertz CT molecular complexity index is 1320. The lowest BCUT2D eigenvalue weighted by Gasteiger charge is -2.09. The topological polar surface area (TPSA) is 121 Å². The molecule has 0 aliphatic carbocycles. The van der Waals surface area contributed by atoms with Crippen LogP contribution in [0.25, 0.3) is 22.2 Å². The Morgan fingerprint density at radius 1 is 1.17 bits per heavy atom. The van der Waals surface area contributed by atoms with Gasteiger partial charge in [-0.25, -0.2) is 9.78 Å². The summed E-state index contributed by atoms with van der Waals surface area (Å²) in [5.74, 6) is 0.211. The van der Waals surface area contributed by atoms with Gasteiger partial charge in [0.1, 0.15) is 17.1 Å². The molecule has 0 saturated heterocycles. The highest BCUT2D eigenvalue weighted by atomic mass is 16.4. The maximum absolute atomic E-state index is 12.8. The van der Waals surface area contributed by atoms with Gasteiger partial charge in [0, 0.05) is 23.5 Å². The average molecular weight is 390 g/mol. The van der Waals surface area contributed by atoms with Crippen LogP contribution in [0.5, 0.6) is 5.75 Å². The first kappa shape index (κ1) is 18.4. The lowest BCUT2D eigenvalue weighted by molar-refractivity contribution is 0.438. The van der Waals surface area contributed by atoms with Crippen LogP contribution in [0.15, 0.2) is 56.6 Å². The molecule has 29 heavy (non-hydrogen) atoms. The predicted octanol–water partition coefficient (Wildman–Crippen LogP) is 3.26. The number of fused-ring (bicyclic) bond motifs is 1. The number of nitrogens with one attached hydrogen (secondary N) is 2. The molecule has 0 spiro atoms. The molecule has 1 aromatic carbocycles. The van der Waals surface area contributed by atoms with Crippen LogP contribution >= 0.6 is 0 Å². The van der Waals surface area contributed by atoms with E-state index in [0.717, 1.165) is 12.1 Å². The molecule has 0 saturated carbocycles. The number of rotatable bonds is 4. The van der Waals surface area contributed by atoms with Gasteiger partial charge < -0.3 is 14.8 Å². The van der Waals surface area contributed by atoms with Crippen molar-refractivity contribution < 1.29 is 9.52 Å². The van der Waals surface area contributed by atoms with Gasteiger partial charge in [0.25, 0.3) is 5.56 Å². The summed E-state index contributed by atoms with van der Waals surface area (Å²) < 4.78 is 5.07. The van der Waals surface area contributed by atoms with Crippen molar-refractivity contribution in [2.24, 2.45) is 0 Å². The van der Waals surface area contributed by atoms with Crippen LogP contribution in [0.2, 0.25) is 0 Å². The third-order valence-electron chi connectivity index (χ3n) is 4.56. The van der Waals surface area contributed by atoms with E-state index in [0.29, 0.717) is 0 Å². The van der Waals surface area contributed by atoms with Crippen LogP contribution in [0.3, 0.4) is 0 Å². The molecule has 0 unspecified atom stereocenters. The summed E-state index contributed by atoms with van der Waals surface area (Å²) in [6, 6.07) is 10.5. The quantitative estimate of drug-likeness (QED) is 0.489. The Morgan fingerprint density at radius 3 is 2.62 bits per heavy atom. The number of H-pyrrole nitrogens is 1.